The Labute approximate surface area is 138 Å². The van der Waals surface area contributed by atoms with Gasteiger partial charge >= 0.3 is 0 Å². The number of hydrogen-bond acceptors (Lipinski definition) is 3. The first kappa shape index (κ1) is 17.5. The lowest BCUT2D eigenvalue weighted by molar-refractivity contribution is -0.134. The molecule has 126 valence electrons. The molecule has 2 amide bonds. The topological polar surface area (TPSA) is 75.4 Å². The average Bonchev–Trinajstić information content (AvgIpc) is 2.60. The maximum atomic E-state index is 12.6. The molecule has 3 N–H and O–H groups in total. The molecule has 1 saturated heterocycles. The Morgan fingerprint density at radius 1 is 1.35 bits per heavy atom. The van der Waals surface area contributed by atoms with Gasteiger partial charge < -0.3 is 16.0 Å². The van der Waals surface area contributed by atoms with E-state index in [2.05, 4.69) is 5.32 Å². The van der Waals surface area contributed by atoms with Crippen LogP contribution in [0.25, 0.3) is 0 Å². The van der Waals surface area contributed by atoms with Gasteiger partial charge in [-0.05, 0) is 30.7 Å². The molecule has 1 fully saturated rings. The predicted octanol–water partition coefficient (Wildman–Crippen LogP) is 1.84. The van der Waals surface area contributed by atoms with E-state index in [4.69, 9.17) is 5.73 Å². The summed E-state index contributed by atoms with van der Waals surface area (Å²) in [5.41, 5.74) is 6.96. The quantitative estimate of drug-likeness (QED) is 0.840. The zero-order valence-electron chi connectivity index (χ0n) is 13.8. The lowest BCUT2D eigenvalue weighted by Gasteiger charge is -2.34. The standard InChI is InChI=1S/C18H27N3O2/c1-2-7-16(22)20-12-14-8-6-11-21(13-14)18(23)17(19)15-9-4-3-5-10-15/h3-5,9-10,14,17H,2,6-8,11-13,19H2,1H3,(H,20,22). The molecule has 0 saturated carbocycles. The number of nitrogens with two attached hydrogens (primary N) is 1. The Morgan fingerprint density at radius 3 is 2.78 bits per heavy atom. The summed E-state index contributed by atoms with van der Waals surface area (Å²) in [5.74, 6) is 0.384. The molecule has 1 aliphatic heterocycles. The second-order valence-electron chi connectivity index (χ2n) is 6.23. The van der Waals surface area contributed by atoms with Crippen LogP contribution in [0.15, 0.2) is 30.3 Å². The van der Waals surface area contributed by atoms with Crippen LogP contribution in [0.1, 0.15) is 44.2 Å². The average molecular weight is 317 g/mol. The van der Waals surface area contributed by atoms with Crippen LogP contribution in [0.3, 0.4) is 0 Å². The van der Waals surface area contributed by atoms with Crippen molar-refractivity contribution in [2.75, 3.05) is 19.6 Å². The van der Waals surface area contributed by atoms with Gasteiger partial charge in [-0.25, -0.2) is 0 Å². The van der Waals surface area contributed by atoms with E-state index in [1.807, 2.05) is 42.2 Å². The predicted molar refractivity (Wildman–Crippen MR) is 90.6 cm³/mol. The summed E-state index contributed by atoms with van der Waals surface area (Å²) in [6, 6.07) is 8.86. The SMILES string of the molecule is CCCC(=O)NCC1CCCN(C(=O)C(N)c2ccccc2)C1. The van der Waals surface area contributed by atoms with Gasteiger partial charge in [0, 0.05) is 26.1 Å². The highest BCUT2D eigenvalue weighted by Gasteiger charge is 2.27. The number of likely N-dealkylation sites (tertiary alicyclic amines) is 1. The van der Waals surface area contributed by atoms with Crippen LogP contribution in [0.4, 0.5) is 0 Å². The smallest absolute Gasteiger partial charge is 0.244 e. The van der Waals surface area contributed by atoms with E-state index in [0.717, 1.165) is 31.4 Å². The molecule has 2 atom stereocenters. The summed E-state index contributed by atoms with van der Waals surface area (Å²) in [6.07, 6.45) is 3.42. The highest BCUT2D eigenvalue weighted by molar-refractivity contribution is 5.83. The molecular weight excluding hydrogens is 290 g/mol. The van der Waals surface area contributed by atoms with Crippen molar-refractivity contribution in [3.8, 4) is 0 Å². The van der Waals surface area contributed by atoms with Crippen LogP contribution in [-0.2, 0) is 9.59 Å². The minimum atomic E-state index is -0.607. The Kier molecular flexibility index (Phi) is 6.59. The van der Waals surface area contributed by atoms with Crippen LogP contribution in [0.5, 0.6) is 0 Å². The van der Waals surface area contributed by atoms with E-state index in [9.17, 15) is 9.59 Å². The van der Waals surface area contributed by atoms with Gasteiger partial charge in [0.2, 0.25) is 11.8 Å². The molecule has 1 aliphatic rings. The summed E-state index contributed by atoms with van der Waals surface area (Å²) in [5, 5.41) is 2.97. The fourth-order valence-electron chi connectivity index (χ4n) is 3.01. The minimum Gasteiger partial charge on any atom is -0.356 e. The van der Waals surface area contributed by atoms with Crippen molar-refractivity contribution < 1.29 is 9.59 Å². The zero-order valence-corrected chi connectivity index (χ0v) is 13.8. The van der Waals surface area contributed by atoms with Gasteiger partial charge in [0.05, 0.1) is 0 Å². The minimum absolute atomic E-state index is 0.0271. The first-order valence-electron chi connectivity index (χ1n) is 8.47. The van der Waals surface area contributed by atoms with Gasteiger partial charge in [-0.3, -0.25) is 9.59 Å². The third kappa shape index (κ3) is 5.06. The number of amides is 2. The summed E-state index contributed by atoms with van der Waals surface area (Å²) >= 11 is 0. The molecule has 5 nitrogen and oxygen atoms in total. The summed E-state index contributed by atoms with van der Waals surface area (Å²) in [7, 11) is 0. The number of rotatable bonds is 6. The molecule has 0 radical (unpaired) electrons. The fraction of sp³-hybridized carbons (Fsp3) is 0.556. The number of piperidine rings is 1. The molecule has 0 aromatic heterocycles. The van der Waals surface area contributed by atoms with Crippen molar-refractivity contribution in [1.82, 2.24) is 10.2 Å². The van der Waals surface area contributed by atoms with Crippen molar-refractivity contribution in [2.45, 2.75) is 38.6 Å². The molecule has 0 aliphatic carbocycles. The molecule has 23 heavy (non-hydrogen) atoms. The van der Waals surface area contributed by atoms with Crippen molar-refractivity contribution in [3.63, 3.8) is 0 Å². The maximum absolute atomic E-state index is 12.6. The van der Waals surface area contributed by atoms with Crippen molar-refractivity contribution >= 4 is 11.8 Å². The second kappa shape index (κ2) is 8.67. The van der Waals surface area contributed by atoms with E-state index in [1.165, 1.54) is 0 Å². The van der Waals surface area contributed by atoms with E-state index in [-0.39, 0.29) is 11.8 Å². The Bertz CT molecular complexity index is 518. The van der Waals surface area contributed by atoms with Crippen molar-refractivity contribution in [1.29, 1.82) is 0 Å². The Balaban J connectivity index is 1.87. The Hall–Kier alpha value is -1.88. The third-order valence-corrected chi connectivity index (χ3v) is 4.32. The molecule has 1 aromatic rings. The van der Waals surface area contributed by atoms with E-state index in [0.29, 0.717) is 25.4 Å². The highest BCUT2D eigenvalue weighted by atomic mass is 16.2. The summed E-state index contributed by atoms with van der Waals surface area (Å²) < 4.78 is 0. The normalized spacial score (nSPS) is 19.2. The monoisotopic (exact) mass is 317 g/mol. The van der Waals surface area contributed by atoms with Gasteiger partial charge in [0.25, 0.3) is 0 Å². The van der Waals surface area contributed by atoms with E-state index < -0.39 is 6.04 Å². The summed E-state index contributed by atoms with van der Waals surface area (Å²) in [4.78, 5) is 26.0. The number of nitrogens with one attached hydrogen (secondary N) is 1. The van der Waals surface area contributed by atoms with Gasteiger partial charge in [-0.15, -0.1) is 0 Å². The number of nitrogens with zero attached hydrogens (tertiary/aromatic N) is 1. The van der Waals surface area contributed by atoms with Gasteiger partial charge in [-0.1, -0.05) is 37.3 Å². The van der Waals surface area contributed by atoms with Gasteiger partial charge in [0.1, 0.15) is 6.04 Å². The molecular formula is C18H27N3O2. The molecule has 2 rings (SSSR count). The fourth-order valence-corrected chi connectivity index (χ4v) is 3.01. The van der Waals surface area contributed by atoms with Gasteiger partial charge in [0.15, 0.2) is 0 Å². The molecule has 1 aromatic carbocycles. The van der Waals surface area contributed by atoms with E-state index >= 15 is 0 Å². The number of carbonyl (C=O) groups is 2. The Morgan fingerprint density at radius 2 is 2.09 bits per heavy atom. The number of benzene rings is 1. The maximum Gasteiger partial charge on any atom is 0.244 e. The van der Waals surface area contributed by atoms with Crippen LogP contribution < -0.4 is 11.1 Å². The van der Waals surface area contributed by atoms with Crippen LogP contribution >= 0.6 is 0 Å². The van der Waals surface area contributed by atoms with Crippen LogP contribution in [0.2, 0.25) is 0 Å². The third-order valence-electron chi connectivity index (χ3n) is 4.32. The lowest BCUT2D eigenvalue weighted by atomic mass is 9.96. The largest absolute Gasteiger partial charge is 0.356 e. The number of hydrogen-bond donors (Lipinski definition) is 2. The first-order chi connectivity index (χ1) is 11.1. The first-order valence-corrected chi connectivity index (χ1v) is 8.47. The summed E-state index contributed by atoms with van der Waals surface area (Å²) in [6.45, 7) is 4.05. The molecule has 0 spiro atoms. The van der Waals surface area contributed by atoms with Crippen molar-refractivity contribution in [2.24, 2.45) is 11.7 Å². The van der Waals surface area contributed by atoms with Crippen LogP contribution in [-0.4, -0.2) is 36.3 Å². The van der Waals surface area contributed by atoms with E-state index in [1.54, 1.807) is 0 Å². The molecule has 5 heteroatoms. The highest BCUT2D eigenvalue weighted by Crippen LogP contribution is 2.20. The molecule has 2 unspecified atom stereocenters. The molecule has 1 heterocycles. The second-order valence-corrected chi connectivity index (χ2v) is 6.23. The van der Waals surface area contributed by atoms with Gasteiger partial charge in [-0.2, -0.15) is 0 Å². The zero-order chi connectivity index (χ0) is 16.7. The van der Waals surface area contributed by atoms with Crippen molar-refractivity contribution in [3.05, 3.63) is 35.9 Å². The lowest BCUT2D eigenvalue weighted by Crippen LogP contribution is -2.46. The number of carbonyl (C=O) groups excluding carboxylic acids is 2. The molecule has 0 bridgehead atoms. The van der Waals surface area contributed by atoms with Crippen LogP contribution in [0, 0.1) is 5.92 Å².